The van der Waals surface area contributed by atoms with Gasteiger partial charge in [0, 0.05) is 28.8 Å². The molecule has 7 heteroatoms. The number of non-ortho nitro benzene ring substituents is 1. The summed E-state index contributed by atoms with van der Waals surface area (Å²) in [6, 6.07) is 12.9. The van der Waals surface area contributed by atoms with Gasteiger partial charge in [0.1, 0.15) is 5.69 Å². The van der Waals surface area contributed by atoms with Crippen LogP contribution in [0, 0.1) is 10.1 Å². The fraction of sp³-hybridized carbons (Fsp3) is 0.100. The Morgan fingerprint density at radius 1 is 1.07 bits per heavy atom. The minimum Gasteiger partial charge on any atom is -0.461 e. The van der Waals surface area contributed by atoms with E-state index in [1.54, 1.807) is 19.1 Å². The van der Waals surface area contributed by atoms with E-state index in [0.717, 1.165) is 5.56 Å². The number of carbonyl (C=O) groups is 2. The van der Waals surface area contributed by atoms with Gasteiger partial charge in [0.15, 0.2) is 5.78 Å². The van der Waals surface area contributed by atoms with Crippen molar-refractivity contribution in [3.8, 4) is 22.4 Å². The van der Waals surface area contributed by atoms with E-state index in [9.17, 15) is 19.7 Å². The number of hydrogen-bond donors (Lipinski definition) is 1. The Kier molecular flexibility index (Phi) is 3.84. The number of nitrogens with zero attached hydrogens (tertiary/aromatic N) is 1. The van der Waals surface area contributed by atoms with Crippen LogP contribution in [0.4, 0.5) is 5.69 Å². The van der Waals surface area contributed by atoms with Gasteiger partial charge < -0.3 is 9.72 Å². The summed E-state index contributed by atoms with van der Waals surface area (Å²) in [7, 11) is 0. The molecule has 0 atom stereocenters. The zero-order chi connectivity index (χ0) is 19.1. The summed E-state index contributed by atoms with van der Waals surface area (Å²) in [6.07, 6.45) is 0. The Labute approximate surface area is 153 Å². The fourth-order valence-electron chi connectivity index (χ4n) is 3.36. The average molecular weight is 362 g/mol. The quantitative estimate of drug-likeness (QED) is 0.336. The first-order valence-corrected chi connectivity index (χ1v) is 8.35. The fourth-order valence-corrected chi connectivity index (χ4v) is 3.36. The lowest BCUT2D eigenvalue weighted by atomic mass is 9.98. The second-order valence-electron chi connectivity index (χ2n) is 6.02. The van der Waals surface area contributed by atoms with E-state index in [1.165, 1.54) is 24.3 Å². The minimum absolute atomic E-state index is 0.0711. The molecule has 0 fully saturated rings. The van der Waals surface area contributed by atoms with Gasteiger partial charge in [0.25, 0.3) is 5.69 Å². The van der Waals surface area contributed by atoms with E-state index in [2.05, 4.69) is 4.98 Å². The van der Waals surface area contributed by atoms with Gasteiger partial charge in [-0.15, -0.1) is 0 Å². The molecule has 1 aromatic heterocycles. The van der Waals surface area contributed by atoms with Crippen molar-refractivity contribution in [1.82, 2.24) is 4.98 Å². The Hall–Kier alpha value is -3.74. The highest BCUT2D eigenvalue weighted by molar-refractivity contribution is 6.26. The summed E-state index contributed by atoms with van der Waals surface area (Å²) in [5.41, 5.74) is 3.24. The third-order valence-electron chi connectivity index (χ3n) is 4.51. The lowest BCUT2D eigenvalue weighted by Gasteiger charge is -2.07. The molecule has 0 aliphatic heterocycles. The second-order valence-corrected chi connectivity index (χ2v) is 6.02. The molecule has 0 saturated carbocycles. The van der Waals surface area contributed by atoms with Crippen LogP contribution in [-0.2, 0) is 4.74 Å². The minimum atomic E-state index is -0.578. The number of H-pyrrole nitrogens is 1. The first-order valence-electron chi connectivity index (χ1n) is 8.35. The zero-order valence-corrected chi connectivity index (χ0v) is 14.3. The number of benzene rings is 2. The second kappa shape index (κ2) is 6.21. The Bertz CT molecular complexity index is 1100. The van der Waals surface area contributed by atoms with E-state index < -0.39 is 10.9 Å². The van der Waals surface area contributed by atoms with Gasteiger partial charge in [-0.1, -0.05) is 24.3 Å². The molecule has 0 unspecified atom stereocenters. The van der Waals surface area contributed by atoms with Crippen LogP contribution in [0.25, 0.3) is 22.4 Å². The normalized spacial score (nSPS) is 11.8. The number of nitro benzene ring substituents is 1. The highest BCUT2D eigenvalue weighted by Crippen LogP contribution is 2.43. The van der Waals surface area contributed by atoms with Crippen molar-refractivity contribution in [2.75, 3.05) is 6.61 Å². The number of nitrogens with one attached hydrogen (secondary N) is 1. The maximum atomic E-state index is 13.0. The van der Waals surface area contributed by atoms with Crippen LogP contribution in [0.15, 0.2) is 48.5 Å². The van der Waals surface area contributed by atoms with Gasteiger partial charge in [0.2, 0.25) is 0 Å². The molecule has 27 heavy (non-hydrogen) atoms. The van der Waals surface area contributed by atoms with Crippen LogP contribution in [0.5, 0.6) is 0 Å². The molecule has 3 aromatic rings. The first-order chi connectivity index (χ1) is 13.0. The third kappa shape index (κ3) is 2.52. The highest BCUT2D eigenvalue weighted by Gasteiger charge is 2.35. The molecule has 0 amide bonds. The van der Waals surface area contributed by atoms with Crippen LogP contribution in [0.2, 0.25) is 0 Å². The molecular weight excluding hydrogens is 348 g/mol. The third-order valence-corrected chi connectivity index (χ3v) is 4.51. The van der Waals surface area contributed by atoms with Crippen molar-refractivity contribution >= 4 is 17.4 Å². The van der Waals surface area contributed by atoms with Gasteiger partial charge in [-0.05, 0) is 24.6 Å². The number of nitro groups is 1. The van der Waals surface area contributed by atoms with Crippen molar-refractivity contribution < 1.29 is 19.2 Å². The summed E-state index contributed by atoms with van der Waals surface area (Å²) < 4.78 is 5.12. The average Bonchev–Trinajstić information content (AvgIpc) is 3.19. The number of aromatic amines is 1. The first kappa shape index (κ1) is 16.7. The van der Waals surface area contributed by atoms with E-state index >= 15 is 0 Å². The van der Waals surface area contributed by atoms with E-state index in [1.807, 2.05) is 12.1 Å². The summed E-state index contributed by atoms with van der Waals surface area (Å²) in [5, 5.41) is 10.9. The predicted octanol–water partition coefficient (Wildman–Crippen LogP) is 3.98. The van der Waals surface area contributed by atoms with Crippen LogP contribution in [0.3, 0.4) is 0 Å². The Morgan fingerprint density at radius 2 is 1.74 bits per heavy atom. The summed E-state index contributed by atoms with van der Waals surface area (Å²) in [4.78, 5) is 38.9. The topological polar surface area (TPSA) is 102 Å². The molecule has 0 radical (unpaired) electrons. The maximum Gasteiger partial charge on any atom is 0.355 e. The van der Waals surface area contributed by atoms with Gasteiger partial charge in [-0.2, -0.15) is 0 Å². The lowest BCUT2D eigenvalue weighted by molar-refractivity contribution is -0.384. The molecule has 0 spiro atoms. The van der Waals surface area contributed by atoms with Gasteiger partial charge in [-0.3, -0.25) is 14.9 Å². The number of aromatic nitrogens is 1. The molecular formula is C20H14N2O5. The van der Waals surface area contributed by atoms with Gasteiger partial charge >= 0.3 is 5.97 Å². The van der Waals surface area contributed by atoms with Crippen molar-refractivity contribution in [3.63, 3.8) is 0 Å². The molecule has 1 aliphatic rings. The van der Waals surface area contributed by atoms with Crippen LogP contribution in [0.1, 0.15) is 33.3 Å². The highest BCUT2D eigenvalue weighted by atomic mass is 16.6. The number of rotatable bonds is 4. The molecule has 2 aromatic carbocycles. The SMILES string of the molecule is CCOC(=O)c1[nH]c2c(c1-c1ccc([N+](=O)[O-])cc1)C(=O)c1ccccc1-2. The number of carbonyl (C=O) groups excluding carboxylic acids is 2. The summed E-state index contributed by atoms with van der Waals surface area (Å²) in [6.45, 7) is 1.88. The van der Waals surface area contributed by atoms with Crippen LogP contribution < -0.4 is 0 Å². The van der Waals surface area contributed by atoms with E-state index in [4.69, 9.17) is 4.74 Å². The number of esters is 1. The number of ketones is 1. The van der Waals surface area contributed by atoms with Crippen molar-refractivity contribution in [3.05, 3.63) is 75.5 Å². The smallest absolute Gasteiger partial charge is 0.355 e. The lowest BCUT2D eigenvalue weighted by Crippen LogP contribution is -2.08. The monoisotopic (exact) mass is 362 g/mol. The van der Waals surface area contributed by atoms with Crippen LogP contribution in [-0.4, -0.2) is 28.3 Å². The zero-order valence-electron chi connectivity index (χ0n) is 14.3. The molecule has 1 heterocycles. The molecule has 7 nitrogen and oxygen atoms in total. The molecule has 1 aliphatic carbocycles. The van der Waals surface area contributed by atoms with Crippen molar-refractivity contribution in [2.24, 2.45) is 0 Å². The molecule has 0 bridgehead atoms. The number of hydrogen-bond acceptors (Lipinski definition) is 5. The maximum absolute atomic E-state index is 13.0. The van der Waals surface area contributed by atoms with Crippen LogP contribution >= 0.6 is 0 Å². The van der Waals surface area contributed by atoms with Gasteiger partial charge in [-0.25, -0.2) is 4.79 Å². The Morgan fingerprint density at radius 3 is 2.37 bits per heavy atom. The standard InChI is InChI=1S/C20H14N2O5/c1-2-27-20(24)18-15(11-7-9-12(10-8-11)22(25)26)16-17(21-18)13-5-3-4-6-14(13)19(16)23/h3-10,21H,2H2,1H3. The summed E-state index contributed by atoms with van der Waals surface area (Å²) in [5.74, 6) is -0.772. The van der Waals surface area contributed by atoms with Crippen molar-refractivity contribution in [2.45, 2.75) is 6.92 Å². The number of ether oxygens (including phenoxy) is 1. The predicted molar refractivity (Wildman–Crippen MR) is 97.7 cm³/mol. The Balaban J connectivity index is 1.95. The number of fused-ring (bicyclic) bond motifs is 3. The summed E-state index contributed by atoms with van der Waals surface area (Å²) >= 11 is 0. The molecule has 1 N–H and O–H groups in total. The molecule has 134 valence electrons. The largest absolute Gasteiger partial charge is 0.461 e. The van der Waals surface area contributed by atoms with E-state index in [0.29, 0.717) is 27.9 Å². The van der Waals surface area contributed by atoms with Crippen molar-refractivity contribution in [1.29, 1.82) is 0 Å². The van der Waals surface area contributed by atoms with E-state index in [-0.39, 0.29) is 23.8 Å². The van der Waals surface area contributed by atoms with Gasteiger partial charge in [0.05, 0.1) is 22.8 Å². The molecule has 0 saturated heterocycles. The molecule has 4 rings (SSSR count).